The van der Waals surface area contributed by atoms with Gasteiger partial charge in [-0.1, -0.05) is 13.8 Å². The van der Waals surface area contributed by atoms with Gasteiger partial charge in [0.2, 0.25) is 5.95 Å². The molecule has 0 aliphatic carbocycles. The standard InChI is InChI=1S/C23H26F3N7O/c1-14(2)19-12-31(4)22(34)33(19)20-9-10-27-21(30-20)29-15(3)18-11-32(13-28-18)17-7-5-16(6-8-17)23(24,25)26/h5-11,13-15,19H,12H2,1-4H3,(H,27,29,30)/t15-,19+/m0/s1/i12D2. The Labute approximate surface area is 198 Å². The maximum absolute atomic E-state index is 12.9. The average Bonchev–Trinajstić information content (AvgIpc) is 3.37. The van der Waals surface area contributed by atoms with E-state index in [1.807, 2.05) is 20.8 Å². The number of benzene rings is 1. The van der Waals surface area contributed by atoms with Crippen molar-refractivity contribution in [2.45, 2.75) is 39.0 Å². The van der Waals surface area contributed by atoms with E-state index in [4.69, 9.17) is 2.74 Å². The molecule has 0 unspecified atom stereocenters. The first-order valence-corrected chi connectivity index (χ1v) is 10.7. The van der Waals surface area contributed by atoms with Crippen LogP contribution in [0.4, 0.5) is 29.7 Å². The lowest BCUT2D eigenvalue weighted by molar-refractivity contribution is -0.137. The summed E-state index contributed by atoms with van der Waals surface area (Å²) < 4.78 is 56.9. The SMILES string of the molecule is [2H]C1([2H])[C@H](C(C)C)N(c2ccnc(N[C@@H](C)c3cn(-c4ccc(C(F)(F)F)cc4)cn3)n2)C(=O)N1C. The normalized spacial score (nSPS) is 19.9. The highest BCUT2D eigenvalue weighted by atomic mass is 19.4. The molecular weight excluding hydrogens is 447 g/mol. The lowest BCUT2D eigenvalue weighted by Gasteiger charge is -2.25. The fraction of sp³-hybridized carbons (Fsp3) is 0.391. The third kappa shape index (κ3) is 4.68. The highest BCUT2D eigenvalue weighted by molar-refractivity contribution is 5.94. The van der Waals surface area contributed by atoms with E-state index in [0.717, 1.165) is 17.0 Å². The summed E-state index contributed by atoms with van der Waals surface area (Å²) in [6.45, 7) is 3.64. The van der Waals surface area contributed by atoms with Gasteiger partial charge in [0.05, 0.1) is 32.4 Å². The maximum Gasteiger partial charge on any atom is 0.416 e. The van der Waals surface area contributed by atoms with Crippen LogP contribution in [0.3, 0.4) is 0 Å². The number of hydrogen-bond acceptors (Lipinski definition) is 5. The molecule has 1 aliphatic rings. The summed E-state index contributed by atoms with van der Waals surface area (Å²) in [6, 6.07) is 4.71. The van der Waals surface area contributed by atoms with Crippen LogP contribution in [0.15, 0.2) is 49.1 Å². The number of hydrogen-bond donors (Lipinski definition) is 1. The van der Waals surface area contributed by atoms with E-state index in [9.17, 15) is 18.0 Å². The molecule has 3 heterocycles. The van der Waals surface area contributed by atoms with Gasteiger partial charge < -0.3 is 14.8 Å². The Kier molecular flexibility index (Phi) is 5.52. The number of aromatic nitrogens is 4. The van der Waals surface area contributed by atoms with Crippen molar-refractivity contribution >= 4 is 17.8 Å². The molecule has 1 N–H and O–H groups in total. The van der Waals surface area contributed by atoms with E-state index in [2.05, 4.69) is 20.3 Å². The number of nitrogens with one attached hydrogen (secondary N) is 1. The van der Waals surface area contributed by atoms with E-state index in [-0.39, 0.29) is 23.7 Å². The van der Waals surface area contributed by atoms with Gasteiger partial charge in [-0.3, -0.25) is 4.90 Å². The first-order chi connectivity index (χ1) is 16.8. The number of alkyl halides is 3. The molecule has 0 radical (unpaired) electrons. The van der Waals surface area contributed by atoms with Crippen LogP contribution in [-0.2, 0) is 6.18 Å². The van der Waals surface area contributed by atoms with Gasteiger partial charge >= 0.3 is 12.2 Å². The van der Waals surface area contributed by atoms with Gasteiger partial charge in [0.25, 0.3) is 0 Å². The van der Waals surface area contributed by atoms with Crippen LogP contribution < -0.4 is 10.2 Å². The predicted molar refractivity (Wildman–Crippen MR) is 122 cm³/mol. The molecule has 8 nitrogen and oxygen atoms in total. The van der Waals surface area contributed by atoms with Crippen molar-refractivity contribution in [1.29, 1.82) is 0 Å². The molecule has 0 bridgehead atoms. The van der Waals surface area contributed by atoms with Crippen molar-refractivity contribution in [1.82, 2.24) is 24.4 Å². The number of amides is 2. The molecule has 1 aromatic carbocycles. The second kappa shape index (κ2) is 8.96. The molecule has 11 heteroatoms. The fourth-order valence-electron chi connectivity index (χ4n) is 3.63. The number of nitrogens with zero attached hydrogens (tertiary/aromatic N) is 6. The summed E-state index contributed by atoms with van der Waals surface area (Å²) in [5.74, 6) is 0.315. The summed E-state index contributed by atoms with van der Waals surface area (Å²) in [5, 5.41) is 3.11. The van der Waals surface area contributed by atoms with Crippen molar-refractivity contribution in [3.8, 4) is 5.69 Å². The largest absolute Gasteiger partial charge is 0.416 e. The van der Waals surface area contributed by atoms with Gasteiger partial charge in [-0.2, -0.15) is 18.2 Å². The van der Waals surface area contributed by atoms with Gasteiger partial charge in [-0.05, 0) is 43.2 Å². The zero-order chi connectivity index (χ0) is 26.4. The highest BCUT2D eigenvalue weighted by Gasteiger charge is 2.38. The molecule has 4 rings (SSSR count). The van der Waals surface area contributed by atoms with E-state index >= 15 is 0 Å². The second-order valence-corrected chi connectivity index (χ2v) is 8.38. The van der Waals surface area contributed by atoms with Crippen molar-refractivity contribution in [3.05, 3.63) is 60.3 Å². The zero-order valence-electron chi connectivity index (χ0n) is 21.1. The average molecular weight is 476 g/mol. The number of urea groups is 1. The minimum absolute atomic E-state index is 0.173. The van der Waals surface area contributed by atoms with Gasteiger partial charge in [0.1, 0.15) is 5.82 Å². The lowest BCUT2D eigenvalue weighted by Crippen LogP contribution is -2.38. The van der Waals surface area contributed by atoms with E-state index in [1.165, 1.54) is 36.6 Å². The van der Waals surface area contributed by atoms with Crippen LogP contribution >= 0.6 is 0 Å². The van der Waals surface area contributed by atoms with Crippen LogP contribution in [0.5, 0.6) is 0 Å². The summed E-state index contributed by atoms with van der Waals surface area (Å²) in [5.41, 5.74) is 0.393. The molecule has 2 aromatic heterocycles. The van der Waals surface area contributed by atoms with Crippen LogP contribution in [0, 0.1) is 5.92 Å². The smallest absolute Gasteiger partial charge is 0.346 e. The first kappa shape index (κ1) is 20.9. The lowest BCUT2D eigenvalue weighted by atomic mass is 10.0. The zero-order valence-corrected chi connectivity index (χ0v) is 19.1. The van der Waals surface area contributed by atoms with E-state index in [0.29, 0.717) is 11.4 Å². The fourth-order valence-corrected chi connectivity index (χ4v) is 3.63. The van der Waals surface area contributed by atoms with Crippen molar-refractivity contribution in [2.24, 2.45) is 5.92 Å². The van der Waals surface area contributed by atoms with E-state index in [1.54, 1.807) is 16.8 Å². The molecule has 1 aliphatic heterocycles. The third-order valence-electron chi connectivity index (χ3n) is 5.50. The first-order valence-electron chi connectivity index (χ1n) is 11.7. The Morgan fingerprint density at radius 1 is 1.15 bits per heavy atom. The monoisotopic (exact) mass is 475 g/mol. The van der Waals surface area contributed by atoms with Crippen LogP contribution in [-0.4, -0.2) is 50.0 Å². The van der Waals surface area contributed by atoms with Gasteiger partial charge in [-0.25, -0.2) is 14.8 Å². The van der Waals surface area contributed by atoms with Crippen LogP contribution in [0.25, 0.3) is 5.69 Å². The number of carbonyl (C=O) groups is 1. The third-order valence-corrected chi connectivity index (χ3v) is 5.50. The number of likely N-dealkylation sites (N-methyl/N-ethyl adjacent to an activating group) is 1. The number of anilines is 2. The Hall–Kier alpha value is -3.63. The van der Waals surface area contributed by atoms with E-state index < -0.39 is 30.3 Å². The van der Waals surface area contributed by atoms with Crippen LogP contribution in [0.2, 0.25) is 0 Å². The predicted octanol–water partition coefficient (Wildman–Crippen LogP) is 4.75. The van der Waals surface area contributed by atoms with Gasteiger partial charge in [-0.15, -0.1) is 0 Å². The Morgan fingerprint density at radius 2 is 1.85 bits per heavy atom. The molecule has 180 valence electrons. The molecule has 1 fully saturated rings. The summed E-state index contributed by atoms with van der Waals surface area (Å²) in [7, 11) is 1.42. The summed E-state index contributed by atoms with van der Waals surface area (Å²) >= 11 is 0. The number of carbonyl (C=O) groups excluding carboxylic acids is 1. The molecular formula is C23H26F3N7O. The van der Waals surface area contributed by atoms with Crippen molar-refractivity contribution in [2.75, 3.05) is 23.8 Å². The van der Waals surface area contributed by atoms with Gasteiger partial charge in [0.15, 0.2) is 0 Å². The number of halogens is 3. The number of imidazole rings is 1. The van der Waals surface area contributed by atoms with Crippen molar-refractivity contribution in [3.63, 3.8) is 0 Å². The topological polar surface area (TPSA) is 79.2 Å². The maximum atomic E-state index is 12.9. The Bertz CT molecular complexity index is 1250. The molecule has 0 saturated carbocycles. The Balaban J connectivity index is 1.53. The minimum atomic E-state index is -4.40. The quantitative estimate of drug-likeness (QED) is 0.557. The molecule has 0 spiro atoms. The second-order valence-electron chi connectivity index (χ2n) is 8.38. The van der Waals surface area contributed by atoms with Crippen LogP contribution in [0.1, 0.15) is 40.8 Å². The Morgan fingerprint density at radius 3 is 2.50 bits per heavy atom. The molecule has 3 aromatic rings. The summed E-state index contributed by atoms with van der Waals surface area (Å²) in [6.07, 6.45) is 0.267. The highest BCUT2D eigenvalue weighted by Crippen LogP contribution is 2.30. The van der Waals surface area contributed by atoms with Crippen molar-refractivity contribution < 1.29 is 20.7 Å². The number of rotatable bonds is 6. The molecule has 2 atom stereocenters. The summed E-state index contributed by atoms with van der Waals surface area (Å²) in [4.78, 5) is 28.3. The minimum Gasteiger partial charge on any atom is -0.346 e. The molecule has 34 heavy (non-hydrogen) atoms. The molecule has 1 saturated heterocycles. The van der Waals surface area contributed by atoms with Gasteiger partial charge in [0, 0.05) is 31.6 Å². The molecule has 2 amide bonds.